The van der Waals surface area contributed by atoms with Gasteiger partial charge in [0.25, 0.3) is 5.91 Å². The average molecular weight is 379 g/mol. The van der Waals surface area contributed by atoms with Crippen LogP contribution in [0.25, 0.3) is 22.0 Å². The van der Waals surface area contributed by atoms with Gasteiger partial charge < -0.3 is 10.1 Å². The summed E-state index contributed by atoms with van der Waals surface area (Å²) in [5.74, 6) is -1.33. The molecule has 4 aromatic rings. The third kappa shape index (κ3) is 3.18. The number of hydrogen-bond donors (Lipinski definition) is 2. The Bertz CT molecular complexity index is 1190. The van der Waals surface area contributed by atoms with Gasteiger partial charge in [-0.1, -0.05) is 24.3 Å². The lowest BCUT2D eigenvalue weighted by atomic mass is 10.0. The molecule has 1 amide bonds. The summed E-state index contributed by atoms with van der Waals surface area (Å²) >= 11 is 0. The second kappa shape index (κ2) is 7.11. The quantitative estimate of drug-likeness (QED) is 0.537. The van der Waals surface area contributed by atoms with E-state index in [2.05, 4.69) is 15.5 Å². The fourth-order valence-corrected chi connectivity index (χ4v) is 2.98. The Hall–Kier alpha value is -3.74. The maximum atomic E-state index is 13.5. The number of rotatable bonds is 4. The van der Waals surface area contributed by atoms with Crippen LogP contribution in [0.15, 0.2) is 60.7 Å². The summed E-state index contributed by atoms with van der Waals surface area (Å²) in [5.41, 5.74) is 2.27. The molecule has 5 nitrogen and oxygen atoms in total. The Kier molecular flexibility index (Phi) is 4.49. The number of anilines is 1. The summed E-state index contributed by atoms with van der Waals surface area (Å²) in [6, 6.07) is 15.9. The SMILES string of the molecule is COc1ccccc1C(=O)Nc1n[nH]c2cc(-c3ccc(F)c(F)c3)ccc12. The van der Waals surface area contributed by atoms with Crippen molar-refractivity contribution in [3.05, 3.63) is 77.9 Å². The molecule has 0 spiro atoms. The predicted molar refractivity (Wildman–Crippen MR) is 102 cm³/mol. The van der Waals surface area contributed by atoms with E-state index in [1.54, 1.807) is 42.5 Å². The highest BCUT2D eigenvalue weighted by Crippen LogP contribution is 2.28. The molecule has 1 aromatic heterocycles. The Morgan fingerprint density at radius 1 is 1.00 bits per heavy atom. The van der Waals surface area contributed by atoms with Crippen molar-refractivity contribution >= 4 is 22.6 Å². The highest BCUT2D eigenvalue weighted by atomic mass is 19.2. The number of carbonyl (C=O) groups excluding carboxylic acids is 1. The molecule has 1 heterocycles. The number of H-pyrrole nitrogens is 1. The molecule has 0 unspecified atom stereocenters. The van der Waals surface area contributed by atoms with Gasteiger partial charge in [0, 0.05) is 5.39 Å². The summed E-state index contributed by atoms with van der Waals surface area (Å²) in [4.78, 5) is 12.6. The molecule has 0 saturated heterocycles. The zero-order chi connectivity index (χ0) is 19.7. The largest absolute Gasteiger partial charge is 0.496 e. The monoisotopic (exact) mass is 379 g/mol. The van der Waals surface area contributed by atoms with Crippen molar-refractivity contribution in [1.29, 1.82) is 0 Å². The van der Waals surface area contributed by atoms with Crippen molar-refractivity contribution in [2.45, 2.75) is 0 Å². The number of aromatic nitrogens is 2. The van der Waals surface area contributed by atoms with Crippen molar-refractivity contribution in [3.63, 3.8) is 0 Å². The first kappa shape index (κ1) is 17.7. The van der Waals surface area contributed by atoms with Gasteiger partial charge in [0.05, 0.1) is 18.2 Å². The summed E-state index contributed by atoms with van der Waals surface area (Å²) < 4.78 is 31.9. The Morgan fingerprint density at radius 3 is 2.54 bits per heavy atom. The van der Waals surface area contributed by atoms with Gasteiger partial charge in [-0.15, -0.1) is 0 Å². The van der Waals surface area contributed by atoms with E-state index in [-0.39, 0.29) is 5.91 Å². The number of amides is 1. The summed E-state index contributed by atoms with van der Waals surface area (Å²) in [7, 11) is 1.50. The zero-order valence-electron chi connectivity index (χ0n) is 14.8. The smallest absolute Gasteiger partial charge is 0.260 e. The second-order valence-electron chi connectivity index (χ2n) is 6.12. The number of ether oxygens (including phenoxy) is 1. The van der Waals surface area contributed by atoms with Crippen LogP contribution in [0.5, 0.6) is 5.75 Å². The van der Waals surface area contributed by atoms with E-state index in [9.17, 15) is 13.6 Å². The maximum Gasteiger partial charge on any atom is 0.260 e. The molecule has 2 N–H and O–H groups in total. The Morgan fingerprint density at radius 2 is 1.75 bits per heavy atom. The lowest BCUT2D eigenvalue weighted by Gasteiger charge is -2.08. The summed E-state index contributed by atoms with van der Waals surface area (Å²) in [6.07, 6.45) is 0. The van der Waals surface area contributed by atoms with Gasteiger partial charge in [0.1, 0.15) is 5.75 Å². The van der Waals surface area contributed by atoms with Crippen LogP contribution in [-0.4, -0.2) is 23.2 Å². The molecule has 0 atom stereocenters. The molecule has 140 valence electrons. The van der Waals surface area contributed by atoms with E-state index >= 15 is 0 Å². The predicted octanol–water partition coefficient (Wildman–Crippen LogP) is 4.77. The van der Waals surface area contributed by atoms with Gasteiger partial charge in [-0.3, -0.25) is 9.89 Å². The first-order valence-electron chi connectivity index (χ1n) is 8.45. The Balaban J connectivity index is 1.65. The minimum atomic E-state index is -0.910. The van der Waals surface area contributed by atoms with Crippen molar-refractivity contribution in [2.24, 2.45) is 0 Å². The number of hydrogen-bond acceptors (Lipinski definition) is 3. The van der Waals surface area contributed by atoms with E-state index in [0.29, 0.717) is 39.2 Å². The lowest BCUT2D eigenvalue weighted by molar-refractivity contribution is 0.102. The van der Waals surface area contributed by atoms with Crippen molar-refractivity contribution in [2.75, 3.05) is 12.4 Å². The number of halogens is 2. The van der Waals surface area contributed by atoms with Crippen LogP contribution in [0.2, 0.25) is 0 Å². The molecule has 0 saturated carbocycles. The van der Waals surface area contributed by atoms with Gasteiger partial charge in [0.15, 0.2) is 17.5 Å². The van der Waals surface area contributed by atoms with E-state index in [1.807, 2.05) is 0 Å². The van der Waals surface area contributed by atoms with Gasteiger partial charge in [-0.2, -0.15) is 5.10 Å². The molecule has 3 aromatic carbocycles. The molecule has 0 aliphatic rings. The maximum absolute atomic E-state index is 13.5. The second-order valence-corrected chi connectivity index (χ2v) is 6.12. The topological polar surface area (TPSA) is 67.0 Å². The van der Waals surface area contributed by atoms with Crippen molar-refractivity contribution in [1.82, 2.24) is 10.2 Å². The molecule has 28 heavy (non-hydrogen) atoms. The van der Waals surface area contributed by atoms with Gasteiger partial charge >= 0.3 is 0 Å². The van der Waals surface area contributed by atoms with Crippen LogP contribution in [0.1, 0.15) is 10.4 Å². The zero-order valence-corrected chi connectivity index (χ0v) is 14.8. The number of benzene rings is 3. The molecule has 0 fully saturated rings. The molecular formula is C21H15F2N3O2. The fourth-order valence-electron chi connectivity index (χ4n) is 2.98. The fraction of sp³-hybridized carbons (Fsp3) is 0.0476. The van der Waals surface area contributed by atoms with Gasteiger partial charge in [-0.05, 0) is 47.5 Å². The van der Waals surface area contributed by atoms with Crippen LogP contribution in [-0.2, 0) is 0 Å². The van der Waals surface area contributed by atoms with Gasteiger partial charge in [-0.25, -0.2) is 8.78 Å². The van der Waals surface area contributed by atoms with E-state index in [4.69, 9.17) is 4.74 Å². The van der Waals surface area contributed by atoms with Crippen LogP contribution in [0.4, 0.5) is 14.6 Å². The molecule has 4 rings (SSSR count). The molecule has 0 bridgehead atoms. The minimum Gasteiger partial charge on any atom is -0.496 e. The van der Waals surface area contributed by atoms with Crippen LogP contribution in [0, 0.1) is 11.6 Å². The molecular weight excluding hydrogens is 364 g/mol. The third-order valence-electron chi connectivity index (χ3n) is 4.40. The molecule has 7 heteroatoms. The normalized spacial score (nSPS) is 10.8. The highest BCUT2D eigenvalue weighted by Gasteiger charge is 2.15. The standard InChI is InChI=1S/C21H15F2N3O2/c1-28-19-5-3-2-4-15(19)21(27)24-20-14-8-6-13(11-18(14)25-26-20)12-7-9-16(22)17(23)10-12/h2-11H,1H3,(H2,24,25,26,27). The van der Waals surface area contributed by atoms with E-state index in [0.717, 1.165) is 12.1 Å². The first-order valence-corrected chi connectivity index (χ1v) is 8.45. The number of methoxy groups -OCH3 is 1. The average Bonchev–Trinajstić information content (AvgIpc) is 3.12. The first-order chi connectivity index (χ1) is 13.6. The molecule has 0 aliphatic carbocycles. The van der Waals surface area contributed by atoms with E-state index < -0.39 is 11.6 Å². The number of para-hydroxylation sites is 1. The third-order valence-corrected chi connectivity index (χ3v) is 4.40. The number of aromatic amines is 1. The number of nitrogens with one attached hydrogen (secondary N) is 2. The highest BCUT2D eigenvalue weighted by molar-refractivity contribution is 6.09. The number of fused-ring (bicyclic) bond motifs is 1. The number of nitrogens with zero attached hydrogens (tertiary/aromatic N) is 1. The van der Waals surface area contributed by atoms with Crippen molar-refractivity contribution in [3.8, 4) is 16.9 Å². The van der Waals surface area contributed by atoms with Gasteiger partial charge in [0.2, 0.25) is 0 Å². The lowest BCUT2D eigenvalue weighted by Crippen LogP contribution is -2.13. The van der Waals surface area contributed by atoms with E-state index in [1.165, 1.54) is 13.2 Å². The van der Waals surface area contributed by atoms with Crippen LogP contribution >= 0.6 is 0 Å². The summed E-state index contributed by atoms with van der Waals surface area (Å²) in [5, 5.41) is 10.4. The van der Waals surface area contributed by atoms with Crippen LogP contribution in [0.3, 0.4) is 0 Å². The summed E-state index contributed by atoms with van der Waals surface area (Å²) in [6.45, 7) is 0. The van der Waals surface area contributed by atoms with Crippen molar-refractivity contribution < 1.29 is 18.3 Å². The molecule has 0 radical (unpaired) electrons. The number of carbonyl (C=O) groups is 1. The molecule has 0 aliphatic heterocycles. The minimum absolute atomic E-state index is 0.351. The Labute approximate surface area is 159 Å². The van der Waals surface area contributed by atoms with Crippen LogP contribution < -0.4 is 10.1 Å².